The average molecular weight is 445 g/mol. The van der Waals surface area contributed by atoms with Gasteiger partial charge in [-0.25, -0.2) is 14.8 Å². The van der Waals surface area contributed by atoms with Gasteiger partial charge in [-0.3, -0.25) is 4.99 Å². The summed E-state index contributed by atoms with van der Waals surface area (Å²) in [6, 6.07) is 10.3. The van der Waals surface area contributed by atoms with Crippen molar-refractivity contribution in [3.63, 3.8) is 0 Å². The summed E-state index contributed by atoms with van der Waals surface area (Å²) in [7, 11) is 5.00. The van der Waals surface area contributed by atoms with Crippen molar-refractivity contribution in [1.29, 1.82) is 0 Å². The first-order valence-electron chi connectivity index (χ1n) is 10.8. The molecule has 2 heterocycles. The van der Waals surface area contributed by atoms with Gasteiger partial charge < -0.3 is 20.8 Å². The van der Waals surface area contributed by atoms with E-state index in [2.05, 4.69) is 39.2 Å². The number of esters is 1. The van der Waals surface area contributed by atoms with E-state index in [0.29, 0.717) is 5.69 Å². The number of ether oxygens (including phenoxy) is 1. The molecule has 0 unspecified atom stereocenters. The number of allylic oxidation sites excluding steroid dienone is 1. The minimum absolute atomic E-state index is 0.248. The molecule has 4 N–H and O–H groups in total. The van der Waals surface area contributed by atoms with Crippen molar-refractivity contribution in [3.05, 3.63) is 71.4 Å². The van der Waals surface area contributed by atoms with Gasteiger partial charge in [0.2, 0.25) is 5.95 Å². The molecule has 1 aromatic carbocycles. The van der Waals surface area contributed by atoms with Gasteiger partial charge in [0.05, 0.1) is 7.11 Å². The Morgan fingerprint density at radius 1 is 1.18 bits per heavy atom. The van der Waals surface area contributed by atoms with E-state index in [0.717, 1.165) is 47.2 Å². The molecule has 0 saturated heterocycles. The number of carbonyl (C=O) groups excluding carboxylic acids is 1. The quantitative estimate of drug-likeness (QED) is 0.444. The lowest BCUT2D eigenvalue weighted by Gasteiger charge is -2.44. The zero-order chi connectivity index (χ0) is 23.6. The molecule has 170 valence electrons. The fourth-order valence-electron chi connectivity index (χ4n) is 4.71. The van der Waals surface area contributed by atoms with E-state index in [1.165, 1.54) is 18.9 Å². The summed E-state index contributed by atoms with van der Waals surface area (Å²) < 4.78 is 6.98. The van der Waals surface area contributed by atoms with Crippen LogP contribution in [-0.4, -0.2) is 40.9 Å². The van der Waals surface area contributed by atoms with Crippen molar-refractivity contribution >= 4 is 23.7 Å². The Hall–Kier alpha value is -3.94. The van der Waals surface area contributed by atoms with Crippen LogP contribution in [-0.2, 0) is 17.2 Å². The van der Waals surface area contributed by atoms with Gasteiger partial charge in [0, 0.05) is 66.7 Å². The molecule has 0 amide bonds. The van der Waals surface area contributed by atoms with Crippen LogP contribution in [0.5, 0.6) is 0 Å². The lowest BCUT2D eigenvalue weighted by Crippen LogP contribution is -2.38. The fourth-order valence-corrected chi connectivity index (χ4v) is 4.71. The van der Waals surface area contributed by atoms with Crippen LogP contribution in [0, 0.1) is 0 Å². The molecular formula is C25H28N6O2. The number of carbonyl (C=O) groups is 1. The van der Waals surface area contributed by atoms with Crippen LogP contribution in [0.3, 0.4) is 0 Å². The number of nitrogens with two attached hydrogens (primary N) is 2. The highest BCUT2D eigenvalue weighted by Crippen LogP contribution is 2.51. The molecule has 4 rings (SSSR count). The van der Waals surface area contributed by atoms with Gasteiger partial charge in [0.1, 0.15) is 5.69 Å². The molecule has 8 heteroatoms. The second kappa shape index (κ2) is 8.90. The van der Waals surface area contributed by atoms with E-state index in [-0.39, 0.29) is 17.3 Å². The molecule has 8 nitrogen and oxygen atoms in total. The number of benzene rings is 1. The third kappa shape index (κ3) is 3.77. The summed E-state index contributed by atoms with van der Waals surface area (Å²) in [5, 5.41) is 0. The Kier molecular flexibility index (Phi) is 6.00. The van der Waals surface area contributed by atoms with Gasteiger partial charge >= 0.3 is 5.97 Å². The Bertz CT molecular complexity index is 1220. The number of hydrogen-bond acceptors (Lipinski definition) is 7. The van der Waals surface area contributed by atoms with Gasteiger partial charge in [-0.2, -0.15) is 0 Å². The summed E-state index contributed by atoms with van der Waals surface area (Å²) in [5.74, 6) is -0.135. The standard InChI is InChI=1S/C25H28N6O2/c1-28-13-17(12-26)20-11-21(23(32)33-3)31(2)22(20)25(9-4-10-25)19-7-5-16(6-8-19)18-14-29-24(27)30-15-18/h5-8,11-15H,4,9-10,26H2,1-3H3,(H2,27,29,30). The van der Waals surface area contributed by atoms with Crippen LogP contribution in [0.1, 0.15) is 46.6 Å². The monoisotopic (exact) mass is 444 g/mol. The summed E-state index contributed by atoms with van der Waals surface area (Å²) in [6.45, 7) is 0. The van der Waals surface area contributed by atoms with E-state index in [1.54, 1.807) is 25.7 Å². The molecule has 1 aliphatic carbocycles. The SMILES string of the molecule is CN=CC(=CN)c1cc(C(=O)OC)n(C)c1C1(c2ccc(-c3cnc(N)nc3)cc2)CCC1. The number of nitrogen functional groups attached to an aromatic ring is 1. The number of aliphatic imine (C=N–C) groups is 1. The molecule has 0 spiro atoms. The number of hydrogen-bond donors (Lipinski definition) is 2. The van der Waals surface area contributed by atoms with E-state index < -0.39 is 0 Å². The topological polar surface area (TPSA) is 121 Å². The van der Waals surface area contributed by atoms with Crippen LogP contribution in [0.25, 0.3) is 16.7 Å². The van der Waals surface area contributed by atoms with Crippen LogP contribution < -0.4 is 11.5 Å². The molecule has 0 aliphatic heterocycles. The number of anilines is 1. The number of methoxy groups -OCH3 is 1. The predicted molar refractivity (Wildman–Crippen MR) is 130 cm³/mol. The van der Waals surface area contributed by atoms with Gasteiger partial charge in [0.15, 0.2) is 0 Å². The number of aromatic nitrogens is 3. The third-order valence-electron chi connectivity index (χ3n) is 6.49. The van der Waals surface area contributed by atoms with Crippen molar-refractivity contribution in [2.45, 2.75) is 24.7 Å². The second-order valence-electron chi connectivity index (χ2n) is 8.19. The third-order valence-corrected chi connectivity index (χ3v) is 6.49. The first kappa shape index (κ1) is 22.3. The van der Waals surface area contributed by atoms with Crippen LogP contribution in [0.4, 0.5) is 5.95 Å². The molecule has 2 aromatic heterocycles. The van der Waals surface area contributed by atoms with Crippen molar-refractivity contribution in [2.24, 2.45) is 17.8 Å². The van der Waals surface area contributed by atoms with E-state index in [4.69, 9.17) is 16.2 Å². The summed E-state index contributed by atoms with van der Waals surface area (Å²) >= 11 is 0. The summed E-state index contributed by atoms with van der Waals surface area (Å²) in [6.07, 6.45) is 9.70. The Labute approximate surface area is 193 Å². The zero-order valence-electron chi connectivity index (χ0n) is 19.1. The molecule has 33 heavy (non-hydrogen) atoms. The Morgan fingerprint density at radius 3 is 2.36 bits per heavy atom. The largest absolute Gasteiger partial charge is 0.464 e. The van der Waals surface area contributed by atoms with E-state index in [1.807, 2.05) is 17.7 Å². The zero-order valence-corrected chi connectivity index (χ0v) is 19.1. The van der Waals surface area contributed by atoms with E-state index >= 15 is 0 Å². The average Bonchev–Trinajstić information content (AvgIpc) is 3.14. The Morgan fingerprint density at radius 2 is 1.85 bits per heavy atom. The first-order valence-corrected chi connectivity index (χ1v) is 10.8. The predicted octanol–water partition coefficient (Wildman–Crippen LogP) is 3.32. The van der Waals surface area contributed by atoms with Crippen molar-refractivity contribution in [3.8, 4) is 11.1 Å². The highest BCUT2D eigenvalue weighted by molar-refractivity contribution is 6.11. The lowest BCUT2D eigenvalue weighted by atomic mass is 9.61. The maximum atomic E-state index is 12.5. The number of nitrogens with zero attached hydrogens (tertiary/aromatic N) is 4. The van der Waals surface area contributed by atoms with Crippen LogP contribution >= 0.6 is 0 Å². The molecule has 0 bridgehead atoms. The minimum atomic E-state index is -0.386. The van der Waals surface area contributed by atoms with Gasteiger partial charge in [0.25, 0.3) is 0 Å². The molecule has 0 radical (unpaired) electrons. The normalized spacial score (nSPS) is 15.4. The van der Waals surface area contributed by atoms with Gasteiger partial charge in [-0.1, -0.05) is 30.7 Å². The van der Waals surface area contributed by atoms with Crippen LogP contribution in [0.2, 0.25) is 0 Å². The molecule has 0 atom stereocenters. The maximum Gasteiger partial charge on any atom is 0.354 e. The fraction of sp³-hybridized carbons (Fsp3) is 0.280. The highest BCUT2D eigenvalue weighted by atomic mass is 16.5. The molecule has 1 fully saturated rings. The van der Waals surface area contributed by atoms with Crippen molar-refractivity contribution < 1.29 is 9.53 Å². The summed E-state index contributed by atoms with van der Waals surface area (Å²) in [5.41, 5.74) is 17.6. The molecule has 1 aliphatic rings. The Balaban J connectivity index is 1.85. The molecule has 1 saturated carbocycles. The van der Waals surface area contributed by atoms with Crippen LogP contribution in [0.15, 0.2) is 53.9 Å². The minimum Gasteiger partial charge on any atom is -0.464 e. The van der Waals surface area contributed by atoms with Crippen molar-refractivity contribution in [2.75, 3.05) is 19.9 Å². The molecule has 3 aromatic rings. The van der Waals surface area contributed by atoms with Gasteiger partial charge in [-0.15, -0.1) is 0 Å². The van der Waals surface area contributed by atoms with Gasteiger partial charge in [-0.05, 0) is 30.0 Å². The maximum absolute atomic E-state index is 12.5. The van der Waals surface area contributed by atoms with E-state index in [9.17, 15) is 4.79 Å². The highest BCUT2D eigenvalue weighted by Gasteiger charge is 2.45. The lowest BCUT2D eigenvalue weighted by molar-refractivity contribution is 0.0589. The first-order chi connectivity index (χ1) is 15.9. The van der Waals surface area contributed by atoms with Crippen molar-refractivity contribution in [1.82, 2.24) is 14.5 Å². The summed E-state index contributed by atoms with van der Waals surface area (Å²) in [4.78, 5) is 24.8. The molecular weight excluding hydrogens is 416 g/mol. The number of rotatable bonds is 6. The smallest absolute Gasteiger partial charge is 0.354 e. The second-order valence-corrected chi connectivity index (χ2v) is 8.19.